The molecule has 0 aliphatic carbocycles. The van der Waals surface area contributed by atoms with Crippen LogP contribution in [0.25, 0.3) is 0 Å². The SMILES string of the molecule is CCC1CCCN1.COCc1ccccc1. The molecule has 1 aliphatic rings. The zero-order valence-electron chi connectivity index (χ0n) is 10.4. The summed E-state index contributed by atoms with van der Waals surface area (Å²) in [5.74, 6) is 0. The maximum absolute atomic E-state index is 4.93. The highest BCUT2D eigenvalue weighted by Gasteiger charge is 2.09. The first-order valence-corrected chi connectivity index (χ1v) is 6.13. The van der Waals surface area contributed by atoms with Crippen LogP contribution in [0.15, 0.2) is 30.3 Å². The molecule has 1 aromatic carbocycles. The third-order valence-electron chi connectivity index (χ3n) is 2.81. The first kappa shape index (κ1) is 13.2. The van der Waals surface area contributed by atoms with Crippen molar-refractivity contribution in [3.8, 4) is 0 Å². The van der Waals surface area contributed by atoms with Gasteiger partial charge < -0.3 is 10.1 Å². The summed E-state index contributed by atoms with van der Waals surface area (Å²) in [6.07, 6.45) is 4.09. The molecule has 90 valence electrons. The van der Waals surface area contributed by atoms with Gasteiger partial charge in [0.25, 0.3) is 0 Å². The van der Waals surface area contributed by atoms with Gasteiger partial charge in [-0.05, 0) is 31.4 Å². The highest BCUT2D eigenvalue weighted by Crippen LogP contribution is 2.06. The monoisotopic (exact) mass is 221 g/mol. The summed E-state index contributed by atoms with van der Waals surface area (Å²) < 4.78 is 4.93. The third-order valence-corrected chi connectivity index (χ3v) is 2.81. The minimum Gasteiger partial charge on any atom is -0.380 e. The highest BCUT2D eigenvalue weighted by molar-refractivity contribution is 5.13. The van der Waals surface area contributed by atoms with Gasteiger partial charge in [0.2, 0.25) is 0 Å². The Bertz CT molecular complexity index is 255. The topological polar surface area (TPSA) is 21.3 Å². The van der Waals surface area contributed by atoms with Crippen molar-refractivity contribution < 1.29 is 4.74 Å². The van der Waals surface area contributed by atoms with Crippen molar-refractivity contribution in [2.45, 2.75) is 38.8 Å². The Hall–Kier alpha value is -0.860. The van der Waals surface area contributed by atoms with E-state index in [2.05, 4.69) is 12.2 Å². The average molecular weight is 221 g/mol. The van der Waals surface area contributed by atoms with Crippen LogP contribution in [0, 0.1) is 0 Å². The van der Waals surface area contributed by atoms with E-state index < -0.39 is 0 Å². The summed E-state index contributed by atoms with van der Waals surface area (Å²) in [4.78, 5) is 0. The fourth-order valence-corrected chi connectivity index (χ4v) is 1.85. The van der Waals surface area contributed by atoms with E-state index in [-0.39, 0.29) is 0 Å². The number of benzene rings is 1. The van der Waals surface area contributed by atoms with Gasteiger partial charge in [0.05, 0.1) is 6.61 Å². The summed E-state index contributed by atoms with van der Waals surface area (Å²) in [6.45, 7) is 4.20. The van der Waals surface area contributed by atoms with Crippen LogP contribution in [0.2, 0.25) is 0 Å². The second-order valence-corrected chi connectivity index (χ2v) is 4.12. The Morgan fingerprint density at radius 2 is 2.06 bits per heavy atom. The minimum atomic E-state index is 0.709. The van der Waals surface area contributed by atoms with Crippen molar-refractivity contribution in [2.24, 2.45) is 0 Å². The smallest absolute Gasteiger partial charge is 0.0713 e. The largest absolute Gasteiger partial charge is 0.380 e. The van der Waals surface area contributed by atoms with E-state index in [0.29, 0.717) is 6.61 Å². The molecule has 16 heavy (non-hydrogen) atoms. The average Bonchev–Trinajstić information content (AvgIpc) is 2.84. The van der Waals surface area contributed by atoms with Gasteiger partial charge in [-0.15, -0.1) is 0 Å². The van der Waals surface area contributed by atoms with Gasteiger partial charge >= 0.3 is 0 Å². The Labute approximate surface area is 99.0 Å². The quantitative estimate of drug-likeness (QED) is 0.847. The lowest BCUT2D eigenvalue weighted by Gasteiger charge is -2.02. The first-order valence-electron chi connectivity index (χ1n) is 6.13. The number of rotatable bonds is 3. The van der Waals surface area contributed by atoms with Gasteiger partial charge in [-0.1, -0.05) is 37.3 Å². The maximum atomic E-state index is 4.93. The van der Waals surface area contributed by atoms with Crippen LogP contribution in [-0.4, -0.2) is 19.7 Å². The molecule has 1 saturated heterocycles. The number of nitrogens with one attached hydrogen (secondary N) is 1. The normalized spacial score (nSPS) is 19.0. The van der Waals surface area contributed by atoms with Gasteiger partial charge in [-0.25, -0.2) is 0 Å². The number of hydrogen-bond acceptors (Lipinski definition) is 2. The van der Waals surface area contributed by atoms with E-state index in [1.165, 1.54) is 31.4 Å². The molecule has 1 fully saturated rings. The standard InChI is InChI=1S/C8H10O.C6H13N/c1-9-7-8-5-3-2-4-6-8;1-2-6-4-3-5-7-6/h2-6H,7H2,1H3;6-7H,2-5H2,1H3. The Kier molecular flexibility index (Phi) is 6.86. The zero-order valence-corrected chi connectivity index (χ0v) is 10.4. The second kappa shape index (κ2) is 8.31. The van der Waals surface area contributed by atoms with Gasteiger partial charge in [-0.2, -0.15) is 0 Å². The number of hydrogen-bond donors (Lipinski definition) is 1. The molecule has 0 bridgehead atoms. The number of ether oxygens (including phenoxy) is 1. The van der Waals surface area contributed by atoms with Crippen molar-refractivity contribution in [1.82, 2.24) is 5.32 Å². The molecule has 1 unspecified atom stereocenters. The molecular weight excluding hydrogens is 198 g/mol. The predicted octanol–water partition coefficient (Wildman–Crippen LogP) is 2.98. The van der Waals surface area contributed by atoms with E-state index in [4.69, 9.17) is 4.74 Å². The lowest BCUT2D eigenvalue weighted by molar-refractivity contribution is 0.185. The Morgan fingerprint density at radius 1 is 1.31 bits per heavy atom. The van der Waals surface area contributed by atoms with Crippen molar-refractivity contribution >= 4 is 0 Å². The van der Waals surface area contributed by atoms with Crippen LogP contribution in [0.4, 0.5) is 0 Å². The Balaban J connectivity index is 0.000000165. The van der Waals surface area contributed by atoms with Crippen molar-refractivity contribution in [3.05, 3.63) is 35.9 Å². The molecule has 0 spiro atoms. The van der Waals surface area contributed by atoms with Crippen molar-refractivity contribution in [1.29, 1.82) is 0 Å². The molecule has 1 aromatic rings. The van der Waals surface area contributed by atoms with E-state index >= 15 is 0 Å². The summed E-state index contributed by atoms with van der Waals surface area (Å²) in [6, 6.07) is 11.0. The van der Waals surface area contributed by atoms with Crippen LogP contribution in [0.3, 0.4) is 0 Å². The summed E-state index contributed by atoms with van der Waals surface area (Å²) in [7, 11) is 1.70. The van der Waals surface area contributed by atoms with Gasteiger partial charge in [-0.3, -0.25) is 0 Å². The molecule has 0 radical (unpaired) electrons. The highest BCUT2D eigenvalue weighted by atomic mass is 16.5. The lowest BCUT2D eigenvalue weighted by Crippen LogP contribution is -2.19. The van der Waals surface area contributed by atoms with E-state index in [9.17, 15) is 0 Å². The van der Waals surface area contributed by atoms with Crippen LogP contribution >= 0.6 is 0 Å². The van der Waals surface area contributed by atoms with E-state index in [1.54, 1.807) is 7.11 Å². The molecule has 2 rings (SSSR count). The molecule has 0 aromatic heterocycles. The lowest BCUT2D eigenvalue weighted by atomic mass is 10.2. The van der Waals surface area contributed by atoms with Crippen LogP contribution < -0.4 is 5.32 Å². The predicted molar refractivity (Wildman–Crippen MR) is 68.5 cm³/mol. The minimum absolute atomic E-state index is 0.709. The van der Waals surface area contributed by atoms with Gasteiger partial charge in [0.1, 0.15) is 0 Å². The molecule has 1 heterocycles. The molecule has 1 aliphatic heterocycles. The fourth-order valence-electron chi connectivity index (χ4n) is 1.85. The Morgan fingerprint density at radius 3 is 2.50 bits per heavy atom. The van der Waals surface area contributed by atoms with Crippen LogP contribution in [0.1, 0.15) is 31.7 Å². The molecule has 1 atom stereocenters. The van der Waals surface area contributed by atoms with E-state index in [1.807, 2.05) is 30.3 Å². The molecule has 0 saturated carbocycles. The van der Waals surface area contributed by atoms with E-state index in [0.717, 1.165) is 6.04 Å². The van der Waals surface area contributed by atoms with Crippen LogP contribution in [-0.2, 0) is 11.3 Å². The van der Waals surface area contributed by atoms with Crippen molar-refractivity contribution in [2.75, 3.05) is 13.7 Å². The molecule has 2 heteroatoms. The summed E-state index contributed by atoms with van der Waals surface area (Å²) in [5, 5.41) is 3.41. The van der Waals surface area contributed by atoms with Gasteiger partial charge in [0.15, 0.2) is 0 Å². The zero-order chi connectivity index (χ0) is 11.6. The molecule has 2 nitrogen and oxygen atoms in total. The molecular formula is C14H23NO. The first-order chi connectivity index (χ1) is 7.86. The summed E-state index contributed by atoms with van der Waals surface area (Å²) >= 11 is 0. The molecule has 0 amide bonds. The number of methoxy groups -OCH3 is 1. The van der Waals surface area contributed by atoms with Crippen molar-refractivity contribution in [3.63, 3.8) is 0 Å². The third kappa shape index (κ3) is 5.29. The second-order valence-electron chi connectivity index (χ2n) is 4.12. The molecule has 1 N–H and O–H groups in total. The van der Waals surface area contributed by atoms with Gasteiger partial charge in [0, 0.05) is 13.2 Å². The summed E-state index contributed by atoms with van der Waals surface area (Å²) in [5.41, 5.74) is 1.22. The maximum Gasteiger partial charge on any atom is 0.0713 e. The fraction of sp³-hybridized carbons (Fsp3) is 0.571. The van der Waals surface area contributed by atoms with Crippen LogP contribution in [0.5, 0.6) is 0 Å².